The van der Waals surface area contributed by atoms with Gasteiger partial charge in [-0.05, 0) is 48.1 Å². The highest BCUT2D eigenvalue weighted by molar-refractivity contribution is 5.32. The first-order chi connectivity index (χ1) is 9.62. The lowest BCUT2D eigenvalue weighted by Gasteiger charge is -2.29. The number of hydrogen-bond donors (Lipinski definition) is 1. The molecule has 2 nitrogen and oxygen atoms in total. The second-order valence-electron chi connectivity index (χ2n) is 6.83. The predicted molar refractivity (Wildman–Crippen MR) is 85.3 cm³/mol. The monoisotopic (exact) mass is 275 g/mol. The molecule has 1 aliphatic rings. The van der Waals surface area contributed by atoms with E-state index in [0.717, 1.165) is 26.1 Å². The molecule has 0 aromatic heterocycles. The van der Waals surface area contributed by atoms with Crippen LogP contribution in [0.15, 0.2) is 24.3 Å². The summed E-state index contributed by atoms with van der Waals surface area (Å²) in [5.74, 6) is 0.693. The van der Waals surface area contributed by atoms with Gasteiger partial charge in [0.2, 0.25) is 0 Å². The largest absolute Gasteiger partial charge is 0.385 e. The zero-order valence-corrected chi connectivity index (χ0v) is 13.2. The number of benzene rings is 1. The molecule has 1 aromatic carbocycles. The van der Waals surface area contributed by atoms with E-state index in [1.54, 1.807) is 18.2 Å². The SMILES string of the molecule is COCCC(C)(C)CNCC1CCCc2ccccc21. The summed E-state index contributed by atoms with van der Waals surface area (Å²) < 4.78 is 5.19. The summed E-state index contributed by atoms with van der Waals surface area (Å²) >= 11 is 0. The van der Waals surface area contributed by atoms with Gasteiger partial charge in [-0.25, -0.2) is 0 Å². The number of ether oxygens (including phenoxy) is 1. The standard InChI is InChI=1S/C18H29NO/c1-18(2,11-12-20-3)14-19-13-16-9-6-8-15-7-4-5-10-17(15)16/h4-5,7,10,16,19H,6,8-9,11-14H2,1-3H3. The minimum Gasteiger partial charge on any atom is -0.385 e. The average molecular weight is 275 g/mol. The van der Waals surface area contributed by atoms with Gasteiger partial charge in [-0.15, -0.1) is 0 Å². The maximum Gasteiger partial charge on any atom is 0.0467 e. The molecule has 0 amide bonds. The number of aryl methyl sites for hydroxylation is 1. The zero-order valence-electron chi connectivity index (χ0n) is 13.2. The molecule has 112 valence electrons. The first-order valence-corrected chi connectivity index (χ1v) is 7.90. The molecule has 1 atom stereocenters. The highest BCUT2D eigenvalue weighted by Crippen LogP contribution is 2.31. The Hall–Kier alpha value is -0.860. The van der Waals surface area contributed by atoms with Gasteiger partial charge in [-0.3, -0.25) is 0 Å². The Labute approximate surface area is 123 Å². The third-order valence-corrected chi connectivity index (χ3v) is 4.47. The van der Waals surface area contributed by atoms with Crippen molar-refractivity contribution < 1.29 is 4.74 Å². The van der Waals surface area contributed by atoms with Crippen molar-refractivity contribution in [3.8, 4) is 0 Å². The molecule has 0 spiro atoms. The fraction of sp³-hybridized carbons (Fsp3) is 0.667. The van der Waals surface area contributed by atoms with Crippen LogP contribution in [-0.4, -0.2) is 26.8 Å². The third-order valence-electron chi connectivity index (χ3n) is 4.47. The normalized spacial score (nSPS) is 18.9. The summed E-state index contributed by atoms with van der Waals surface area (Å²) in [5, 5.41) is 3.69. The van der Waals surface area contributed by atoms with Crippen molar-refractivity contribution in [2.45, 2.75) is 45.4 Å². The minimum atomic E-state index is 0.310. The van der Waals surface area contributed by atoms with Crippen molar-refractivity contribution in [3.05, 3.63) is 35.4 Å². The van der Waals surface area contributed by atoms with Crippen LogP contribution < -0.4 is 5.32 Å². The van der Waals surface area contributed by atoms with E-state index >= 15 is 0 Å². The number of methoxy groups -OCH3 is 1. The lowest BCUT2D eigenvalue weighted by Crippen LogP contribution is -2.33. The molecule has 20 heavy (non-hydrogen) atoms. The van der Waals surface area contributed by atoms with Crippen LogP contribution in [0.25, 0.3) is 0 Å². The van der Waals surface area contributed by atoms with Crippen LogP contribution in [0, 0.1) is 5.41 Å². The zero-order chi connectivity index (χ0) is 14.4. The van der Waals surface area contributed by atoms with Crippen LogP contribution in [0.1, 0.15) is 50.2 Å². The molecule has 0 heterocycles. The Bertz CT molecular complexity index is 414. The summed E-state index contributed by atoms with van der Waals surface area (Å²) in [5.41, 5.74) is 3.44. The highest BCUT2D eigenvalue weighted by atomic mass is 16.5. The Morgan fingerprint density at radius 3 is 2.90 bits per heavy atom. The van der Waals surface area contributed by atoms with Crippen LogP contribution in [-0.2, 0) is 11.2 Å². The number of rotatable bonds is 7. The Kier molecular flexibility index (Phi) is 5.62. The summed E-state index contributed by atoms with van der Waals surface area (Å²) in [6, 6.07) is 8.96. The van der Waals surface area contributed by atoms with Crippen LogP contribution in [0.4, 0.5) is 0 Å². The first-order valence-electron chi connectivity index (χ1n) is 7.90. The second kappa shape index (κ2) is 7.24. The maximum absolute atomic E-state index is 5.19. The summed E-state index contributed by atoms with van der Waals surface area (Å²) in [6.07, 6.45) is 5.02. The van der Waals surface area contributed by atoms with Gasteiger partial charge < -0.3 is 10.1 Å². The van der Waals surface area contributed by atoms with E-state index < -0.39 is 0 Å². The van der Waals surface area contributed by atoms with Gasteiger partial charge in [0.15, 0.2) is 0 Å². The van der Waals surface area contributed by atoms with Gasteiger partial charge in [0.1, 0.15) is 0 Å². The van der Waals surface area contributed by atoms with Gasteiger partial charge in [0.05, 0.1) is 0 Å². The Balaban J connectivity index is 1.83. The van der Waals surface area contributed by atoms with E-state index in [0.29, 0.717) is 11.3 Å². The summed E-state index contributed by atoms with van der Waals surface area (Å²) in [6.45, 7) is 7.64. The Morgan fingerprint density at radius 2 is 2.10 bits per heavy atom. The van der Waals surface area contributed by atoms with Gasteiger partial charge in [-0.2, -0.15) is 0 Å². The highest BCUT2D eigenvalue weighted by Gasteiger charge is 2.21. The summed E-state index contributed by atoms with van der Waals surface area (Å²) in [7, 11) is 1.78. The van der Waals surface area contributed by atoms with Gasteiger partial charge in [-0.1, -0.05) is 38.1 Å². The second-order valence-corrected chi connectivity index (χ2v) is 6.83. The predicted octanol–water partition coefficient (Wildman–Crippen LogP) is 3.76. The van der Waals surface area contributed by atoms with E-state index in [-0.39, 0.29) is 0 Å². The summed E-state index contributed by atoms with van der Waals surface area (Å²) in [4.78, 5) is 0. The molecule has 1 unspecified atom stereocenters. The van der Waals surface area contributed by atoms with Gasteiger partial charge in [0, 0.05) is 26.8 Å². The minimum absolute atomic E-state index is 0.310. The molecule has 0 bridgehead atoms. The van der Waals surface area contributed by atoms with Gasteiger partial charge >= 0.3 is 0 Å². The quantitative estimate of drug-likeness (QED) is 0.818. The van der Waals surface area contributed by atoms with E-state index in [9.17, 15) is 0 Å². The number of hydrogen-bond acceptors (Lipinski definition) is 2. The fourth-order valence-corrected chi connectivity index (χ4v) is 3.12. The van der Waals surface area contributed by atoms with Crippen LogP contribution in [0.2, 0.25) is 0 Å². The molecule has 1 aromatic rings. The van der Waals surface area contributed by atoms with Crippen LogP contribution in [0.5, 0.6) is 0 Å². The van der Waals surface area contributed by atoms with Crippen molar-refractivity contribution in [3.63, 3.8) is 0 Å². The van der Waals surface area contributed by atoms with Crippen molar-refractivity contribution in [1.29, 1.82) is 0 Å². The van der Waals surface area contributed by atoms with Crippen molar-refractivity contribution in [2.75, 3.05) is 26.8 Å². The Morgan fingerprint density at radius 1 is 1.30 bits per heavy atom. The molecule has 0 saturated carbocycles. The molecular formula is C18H29NO. The molecular weight excluding hydrogens is 246 g/mol. The first kappa shape index (κ1) is 15.5. The van der Waals surface area contributed by atoms with Crippen molar-refractivity contribution >= 4 is 0 Å². The molecule has 0 saturated heterocycles. The fourth-order valence-electron chi connectivity index (χ4n) is 3.12. The van der Waals surface area contributed by atoms with Gasteiger partial charge in [0.25, 0.3) is 0 Å². The lowest BCUT2D eigenvalue weighted by molar-refractivity contribution is 0.150. The van der Waals surface area contributed by atoms with Crippen molar-refractivity contribution in [2.24, 2.45) is 5.41 Å². The van der Waals surface area contributed by atoms with Crippen molar-refractivity contribution in [1.82, 2.24) is 5.32 Å². The van der Waals surface area contributed by atoms with Crippen LogP contribution >= 0.6 is 0 Å². The average Bonchev–Trinajstić information content (AvgIpc) is 2.45. The molecule has 2 heteroatoms. The number of fused-ring (bicyclic) bond motifs is 1. The maximum atomic E-state index is 5.19. The molecule has 2 rings (SSSR count). The molecule has 0 fully saturated rings. The van der Waals surface area contributed by atoms with E-state index in [1.807, 2.05) is 0 Å². The van der Waals surface area contributed by atoms with E-state index in [2.05, 4.69) is 43.4 Å². The van der Waals surface area contributed by atoms with Crippen LogP contribution in [0.3, 0.4) is 0 Å². The third kappa shape index (κ3) is 4.32. The van der Waals surface area contributed by atoms with E-state index in [4.69, 9.17) is 4.74 Å². The molecule has 0 radical (unpaired) electrons. The molecule has 0 aliphatic heterocycles. The smallest absolute Gasteiger partial charge is 0.0467 e. The number of nitrogens with one attached hydrogen (secondary N) is 1. The lowest BCUT2D eigenvalue weighted by atomic mass is 9.82. The molecule has 1 aliphatic carbocycles. The topological polar surface area (TPSA) is 21.3 Å². The molecule has 1 N–H and O–H groups in total. The van der Waals surface area contributed by atoms with E-state index in [1.165, 1.54) is 19.3 Å².